The average molecular weight is 281 g/mol. The molecule has 4 rings (SSSR count). The zero-order valence-corrected chi connectivity index (χ0v) is 11.4. The molecule has 0 saturated heterocycles. The third-order valence-corrected chi connectivity index (χ3v) is 4.16. The SMILES string of the molecule is c1cnc(-c2csc(-c3ccc4c(c3)CCO4)n2)cn1. The molecule has 20 heavy (non-hydrogen) atoms. The first-order valence-corrected chi connectivity index (χ1v) is 7.26. The summed E-state index contributed by atoms with van der Waals surface area (Å²) in [5.74, 6) is 0.999. The number of aromatic nitrogens is 3. The average Bonchev–Trinajstić information content (AvgIpc) is 3.16. The van der Waals surface area contributed by atoms with E-state index in [1.807, 2.05) is 11.4 Å². The summed E-state index contributed by atoms with van der Waals surface area (Å²) >= 11 is 1.62. The van der Waals surface area contributed by atoms with Crippen molar-refractivity contribution in [1.82, 2.24) is 15.0 Å². The third-order valence-electron chi connectivity index (χ3n) is 3.27. The number of fused-ring (bicyclic) bond motifs is 1. The van der Waals surface area contributed by atoms with E-state index < -0.39 is 0 Å². The summed E-state index contributed by atoms with van der Waals surface area (Å²) in [5, 5.41) is 3.02. The van der Waals surface area contributed by atoms with Gasteiger partial charge in [-0.3, -0.25) is 9.97 Å². The van der Waals surface area contributed by atoms with E-state index in [0.29, 0.717) is 0 Å². The molecule has 2 aromatic heterocycles. The topological polar surface area (TPSA) is 47.9 Å². The fourth-order valence-corrected chi connectivity index (χ4v) is 3.09. The first-order chi connectivity index (χ1) is 9.90. The van der Waals surface area contributed by atoms with Crippen LogP contribution in [0, 0.1) is 0 Å². The maximum absolute atomic E-state index is 5.53. The predicted octanol–water partition coefficient (Wildman–Crippen LogP) is 3.20. The van der Waals surface area contributed by atoms with Gasteiger partial charge in [-0.25, -0.2) is 4.98 Å². The fourth-order valence-electron chi connectivity index (χ4n) is 2.27. The predicted molar refractivity (Wildman–Crippen MR) is 77.8 cm³/mol. The van der Waals surface area contributed by atoms with Crippen LogP contribution in [0.2, 0.25) is 0 Å². The van der Waals surface area contributed by atoms with Crippen LogP contribution in [0.5, 0.6) is 5.75 Å². The number of hydrogen-bond donors (Lipinski definition) is 0. The van der Waals surface area contributed by atoms with Gasteiger partial charge < -0.3 is 4.74 Å². The van der Waals surface area contributed by atoms with Crippen molar-refractivity contribution >= 4 is 11.3 Å². The highest BCUT2D eigenvalue weighted by Gasteiger charge is 2.14. The maximum Gasteiger partial charge on any atom is 0.124 e. The van der Waals surface area contributed by atoms with Crippen molar-refractivity contribution in [3.05, 3.63) is 47.7 Å². The largest absolute Gasteiger partial charge is 0.493 e. The molecule has 0 atom stereocenters. The minimum atomic E-state index is 0.779. The fraction of sp³-hybridized carbons (Fsp3) is 0.133. The van der Waals surface area contributed by atoms with E-state index in [9.17, 15) is 0 Å². The smallest absolute Gasteiger partial charge is 0.124 e. The van der Waals surface area contributed by atoms with Crippen LogP contribution in [-0.2, 0) is 6.42 Å². The first-order valence-electron chi connectivity index (χ1n) is 6.38. The van der Waals surface area contributed by atoms with Gasteiger partial charge in [0, 0.05) is 29.8 Å². The Balaban J connectivity index is 1.72. The molecule has 0 fully saturated rings. The van der Waals surface area contributed by atoms with Crippen molar-refractivity contribution in [3.8, 4) is 27.7 Å². The first kappa shape index (κ1) is 11.5. The minimum absolute atomic E-state index is 0.779. The lowest BCUT2D eigenvalue weighted by Crippen LogP contribution is -1.85. The number of rotatable bonds is 2. The Bertz CT molecular complexity index is 755. The van der Waals surface area contributed by atoms with Crippen LogP contribution in [0.25, 0.3) is 22.0 Å². The summed E-state index contributed by atoms with van der Waals surface area (Å²) in [4.78, 5) is 13.0. The van der Waals surface area contributed by atoms with E-state index in [-0.39, 0.29) is 0 Å². The molecule has 4 nitrogen and oxygen atoms in total. The van der Waals surface area contributed by atoms with Gasteiger partial charge in [0.15, 0.2) is 0 Å². The molecule has 0 saturated carbocycles. The second kappa shape index (κ2) is 4.68. The van der Waals surface area contributed by atoms with Crippen LogP contribution in [0.3, 0.4) is 0 Å². The molecule has 0 aliphatic carbocycles. The van der Waals surface area contributed by atoms with Gasteiger partial charge in [-0.1, -0.05) is 0 Å². The van der Waals surface area contributed by atoms with Gasteiger partial charge in [-0.2, -0.15) is 0 Å². The number of hydrogen-bond acceptors (Lipinski definition) is 5. The molecule has 3 heterocycles. The molecule has 0 bridgehead atoms. The molecule has 0 N–H and O–H groups in total. The van der Waals surface area contributed by atoms with Gasteiger partial charge in [0.25, 0.3) is 0 Å². The number of ether oxygens (including phenoxy) is 1. The number of nitrogens with zero attached hydrogens (tertiary/aromatic N) is 3. The molecule has 1 aromatic carbocycles. The highest BCUT2D eigenvalue weighted by Crippen LogP contribution is 2.33. The summed E-state index contributed by atoms with van der Waals surface area (Å²) in [6.45, 7) is 0.779. The normalized spacial score (nSPS) is 13.0. The standard InChI is InChI=1S/C15H11N3OS/c1-2-14-10(3-6-19-14)7-11(1)15-18-13(9-20-15)12-8-16-4-5-17-12/h1-2,4-5,7-9H,3,6H2. The summed E-state index contributed by atoms with van der Waals surface area (Å²) in [5.41, 5.74) is 4.07. The highest BCUT2D eigenvalue weighted by molar-refractivity contribution is 7.13. The van der Waals surface area contributed by atoms with E-state index in [2.05, 4.69) is 27.1 Å². The zero-order chi connectivity index (χ0) is 13.4. The van der Waals surface area contributed by atoms with Gasteiger partial charge in [-0.15, -0.1) is 11.3 Å². The Labute approximate surface area is 120 Å². The molecule has 3 aromatic rings. The van der Waals surface area contributed by atoms with Crippen LogP contribution in [-0.4, -0.2) is 21.6 Å². The summed E-state index contributed by atoms with van der Waals surface area (Å²) < 4.78 is 5.53. The Kier molecular flexibility index (Phi) is 2.70. The van der Waals surface area contributed by atoms with Gasteiger partial charge in [-0.05, 0) is 23.8 Å². The van der Waals surface area contributed by atoms with E-state index in [1.54, 1.807) is 29.9 Å². The van der Waals surface area contributed by atoms with Crippen molar-refractivity contribution in [1.29, 1.82) is 0 Å². The van der Waals surface area contributed by atoms with Gasteiger partial charge >= 0.3 is 0 Å². The van der Waals surface area contributed by atoms with Crippen LogP contribution < -0.4 is 4.74 Å². The van der Waals surface area contributed by atoms with Crippen molar-refractivity contribution < 1.29 is 4.74 Å². The third kappa shape index (κ3) is 1.96. The molecular formula is C15H11N3OS. The molecule has 1 aliphatic heterocycles. The maximum atomic E-state index is 5.53. The van der Waals surface area contributed by atoms with E-state index >= 15 is 0 Å². The molecule has 98 valence electrons. The summed E-state index contributed by atoms with van der Waals surface area (Å²) in [6.07, 6.45) is 6.05. The quantitative estimate of drug-likeness (QED) is 0.723. The Morgan fingerprint density at radius 3 is 3.05 bits per heavy atom. The molecule has 0 spiro atoms. The van der Waals surface area contributed by atoms with Crippen molar-refractivity contribution in [2.45, 2.75) is 6.42 Å². The van der Waals surface area contributed by atoms with Gasteiger partial charge in [0.05, 0.1) is 12.8 Å². The lowest BCUT2D eigenvalue weighted by molar-refractivity contribution is 0.357. The van der Waals surface area contributed by atoms with E-state index in [1.165, 1.54) is 5.56 Å². The van der Waals surface area contributed by atoms with Crippen molar-refractivity contribution in [2.24, 2.45) is 0 Å². The minimum Gasteiger partial charge on any atom is -0.493 e. The number of benzene rings is 1. The molecular weight excluding hydrogens is 270 g/mol. The van der Waals surface area contributed by atoms with E-state index in [4.69, 9.17) is 4.74 Å². The van der Waals surface area contributed by atoms with Crippen molar-refractivity contribution in [3.63, 3.8) is 0 Å². The van der Waals surface area contributed by atoms with Crippen LogP contribution in [0.15, 0.2) is 42.2 Å². The molecule has 0 radical (unpaired) electrons. The van der Waals surface area contributed by atoms with Crippen LogP contribution in [0.4, 0.5) is 0 Å². The molecule has 0 unspecified atom stereocenters. The van der Waals surface area contributed by atoms with Gasteiger partial charge in [0.2, 0.25) is 0 Å². The van der Waals surface area contributed by atoms with Gasteiger partial charge in [0.1, 0.15) is 22.1 Å². The zero-order valence-electron chi connectivity index (χ0n) is 10.6. The van der Waals surface area contributed by atoms with E-state index in [0.717, 1.165) is 40.7 Å². The Morgan fingerprint density at radius 1 is 1.15 bits per heavy atom. The Morgan fingerprint density at radius 2 is 2.15 bits per heavy atom. The molecule has 0 amide bonds. The molecule has 5 heteroatoms. The lowest BCUT2D eigenvalue weighted by Gasteiger charge is -2.01. The summed E-state index contributed by atoms with van der Waals surface area (Å²) in [7, 11) is 0. The summed E-state index contributed by atoms with van der Waals surface area (Å²) in [6, 6.07) is 6.26. The van der Waals surface area contributed by atoms with Crippen LogP contribution in [0.1, 0.15) is 5.56 Å². The lowest BCUT2D eigenvalue weighted by atomic mass is 10.1. The second-order valence-corrected chi connectivity index (χ2v) is 5.41. The highest BCUT2D eigenvalue weighted by atomic mass is 32.1. The Hall–Kier alpha value is -2.27. The van der Waals surface area contributed by atoms with Crippen LogP contribution >= 0.6 is 11.3 Å². The second-order valence-electron chi connectivity index (χ2n) is 4.55. The molecule has 1 aliphatic rings. The van der Waals surface area contributed by atoms with Crippen molar-refractivity contribution in [2.75, 3.05) is 6.61 Å². The monoisotopic (exact) mass is 281 g/mol. The number of thiazole rings is 1.